The summed E-state index contributed by atoms with van der Waals surface area (Å²) in [4.78, 5) is 15.4. The average Bonchev–Trinajstić information content (AvgIpc) is 2.87. The van der Waals surface area contributed by atoms with Gasteiger partial charge in [0.25, 0.3) is 0 Å². The Bertz CT molecular complexity index is 747. The minimum atomic E-state index is -0.0355. The lowest BCUT2D eigenvalue weighted by atomic mass is 9.82. The SMILES string of the molecule is CCCCC(CC)C(=O)/C=C1\NC(C)(C)Cc2cc3c(cc21)CN(C)C3C. The highest BCUT2D eigenvalue weighted by atomic mass is 16.1. The summed E-state index contributed by atoms with van der Waals surface area (Å²) in [5, 5.41) is 3.66. The summed E-state index contributed by atoms with van der Waals surface area (Å²) in [6.45, 7) is 12.0. The minimum absolute atomic E-state index is 0.0355. The molecule has 0 spiro atoms. The van der Waals surface area contributed by atoms with Gasteiger partial charge in [-0.15, -0.1) is 0 Å². The van der Waals surface area contributed by atoms with Gasteiger partial charge in [-0.05, 0) is 69.8 Å². The maximum Gasteiger partial charge on any atom is 0.160 e. The van der Waals surface area contributed by atoms with Crippen LogP contribution < -0.4 is 5.32 Å². The van der Waals surface area contributed by atoms with Crippen LogP contribution in [0.2, 0.25) is 0 Å². The Balaban J connectivity index is 1.98. The summed E-state index contributed by atoms with van der Waals surface area (Å²) in [6, 6.07) is 5.20. The summed E-state index contributed by atoms with van der Waals surface area (Å²) >= 11 is 0. The zero-order valence-corrected chi connectivity index (χ0v) is 18.0. The van der Waals surface area contributed by atoms with E-state index in [9.17, 15) is 4.79 Å². The predicted octanol–water partition coefficient (Wildman–Crippen LogP) is 5.24. The van der Waals surface area contributed by atoms with Gasteiger partial charge in [0.1, 0.15) is 0 Å². The minimum Gasteiger partial charge on any atom is -0.379 e. The Kier molecular flexibility index (Phi) is 5.81. The number of carbonyl (C=O) groups is 1. The molecule has 0 saturated heterocycles. The predicted molar refractivity (Wildman–Crippen MR) is 114 cm³/mol. The zero-order chi connectivity index (χ0) is 19.8. The number of ketones is 1. The first kappa shape index (κ1) is 20.1. The van der Waals surface area contributed by atoms with E-state index in [4.69, 9.17) is 0 Å². The van der Waals surface area contributed by atoms with E-state index in [2.05, 4.69) is 64.0 Å². The quantitative estimate of drug-likeness (QED) is 0.697. The molecular formula is C24H36N2O. The van der Waals surface area contributed by atoms with Gasteiger partial charge in [-0.3, -0.25) is 9.69 Å². The second-order valence-corrected chi connectivity index (χ2v) is 9.19. The van der Waals surface area contributed by atoms with Gasteiger partial charge in [-0.1, -0.05) is 32.8 Å². The van der Waals surface area contributed by atoms with Crippen LogP contribution in [0.3, 0.4) is 0 Å². The Morgan fingerprint density at radius 1 is 1.33 bits per heavy atom. The third-order valence-corrected chi connectivity index (χ3v) is 6.38. The summed E-state index contributed by atoms with van der Waals surface area (Å²) in [5.74, 6) is 0.427. The first-order valence-corrected chi connectivity index (χ1v) is 10.7. The molecule has 2 aliphatic rings. The third-order valence-electron chi connectivity index (χ3n) is 6.38. The fraction of sp³-hybridized carbons (Fsp3) is 0.625. The van der Waals surface area contributed by atoms with E-state index in [1.807, 2.05) is 6.08 Å². The van der Waals surface area contributed by atoms with Crippen molar-refractivity contribution in [3.63, 3.8) is 0 Å². The molecule has 2 heterocycles. The van der Waals surface area contributed by atoms with Gasteiger partial charge >= 0.3 is 0 Å². The smallest absolute Gasteiger partial charge is 0.160 e. The molecule has 148 valence electrons. The summed E-state index contributed by atoms with van der Waals surface area (Å²) in [7, 11) is 2.19. The van der Waals surface area contributed by atoms with Gasteiger partial charge in [0.05, 0.1) is 0 Å². The number of hydrogen-bond acceptors (Lipinski definition) is 3. The maximum absolute atomic E-state index is 13.0. The molecule has 3 heteroatoms. The van der Waals surface area contributed by atoms with Crippen molar-refractivity contribution in [1.82, 2.24) is 10.2 Å². The molecule has 27 heavy (non-hydrogen) atoms. The highest BCUT2D eigenvalue weighted by molar-refractivity contribution is 5.98. The van der Waals surface area contributed by atoms with Gasteiger partial charge < -0.3 is 5.32 Å². The van der Waals surface area contributed by atoms with E-state index in [1.54, 1.807) is 0 Å². The Morgan fingerprint density at radius 2 is 2.07 bits per heavy atom. The molecule has 0 amide bonds. The molecule has 0 radical (unpaired) electrons. The van der Waals surface area contributed by atoms with Gasteiger partial charge in [0.15, 0.2) is 5.78 Å². The summed E-state index contributed by atoms with van der Waals surface area (Å²) in [6.07, 6.45) is 7.08. The molecular weight excluding hydrogens is 332 g/mol. The Morgan fingerprint density at radius 3 is 2.74 bits per heavy atom. The number of allylic oxidation sites excluding steroid dienone is 1. The van der Waals surface area contributed by atoms with Crippen molar-refractivity contribution in [2.75, 3.05) is 7.05 Å². The van der Waals surface area contributed by atoms with Crippen LogP contribution in [0, 0.1) is 5.92 Å². The number of unbranched alkanes of at least 4 members (excludes halogenated alkanes) is 1. The Hall–Kier alpha value is -1.61. The van der Waals surface area contributed by atoms with E-state index in [1.165, 1.54) is 22.3 Å². The van der Waals surface area contributed by atoms with E-state index >= 15 is 0 Å². The van der Waals surface area contributed by atoms with Crippen molar-refractivity contribution in [3.8, 4) is 0 Å². The molecule has 1 N–H and O–H groups in total. The van der Waals surface area contributed by atoms with E-state index in [-0.39, 0.29) is 17.2 Å². The number of rotatable bonds is 6. The van der Waals surface area contributed by atoms with Gasteiger partial charge in [-0.25, -0.2) is 0 Å². The highest BCUT2D eigenvalue weighted by Crippen LogP contribution is 2.38. The standard InChI is InChI=1S/C24H36N2O/c1-7-9-10-17(8-2)23(27)13-22-21-12-19-15-26(6)16(3)20(19)11-18(21)14-24(4,5)25-22/h11-13,16-17,25H,7-10,14-15H2,1-6H3/b22-13-. The molecule has 3 nitrogen and oxygen atoms in total. The molecule has 1 aromatic carbocycles. The van der Waals surface area contributed by atoms with Crippen molar-refractivity contribution in [2.24, 2.45) is 5.92 Å². The number of fused-ring (bicyclic) bond motifs is 2. The van der Waals surface area contributed by atoms with Crippen LogP contribution in [0.25, 0.3) is 5.70 Å². The fourth-order valence-corrected chi connectivity index (χ4v) is 4.60. The van der Waals surface area contributed by atoms with Crippen molar-refractivity contribution in [2.45, 2.75) is 84.8 Å². The van der Waals surface area contributed by atoms with Crippen LogP contribution in [0.1, 0.15) is 88.6 Å². The van der Waals surface area contributed by atoms with Gasteiger partial charge in [0, 0.05) is 41.4 Å². The van der Waals surface area contributed by atoms with Crippen LogP contribution in [0.5, 0.6) is 0 Å². The molecule has 3 rings (SSSR count). The fourth-order valence-electron chi connectivity index (χ4n) is 4.60. The highest BCUT2D eigenvalue weighted by Gasteiger charge is 2.32. The van der Waals surface area contributed by atoms with Gasteiger partial charge in [-0.2, -0.15) is 0 Å². The first-order chi connectivity index (χ1) is 12.8. The molecule has 0 aliphatic carbocycles. The number of nitrogens with one attached hydrogen (secondary N) is 1. The van der Waals surface area contributed by atoms with Crippen LogP contribution in [-0.2, 0) is 17.8 Å². The van der Waals surface area contributed by atoms with Crippen molar-refractivity contribution in [1.29, 1.82) is 0 Å². The molecule has 0 bridgehead atoms. The zero-order valence-electron chi connectivity index (χ0n) is 18.0. The normalized spacial score (nSPS) is 23.6. The lowest BCUT2D eigenvalue weighted by molar-refractivity contribution is -0.118. The molecule has 0 aromatic heterocycles. The lowest BCUT2D eigenvalue weighted by Gasteiger charge is -2.36. The second-order valence-electron chi connectivity index (χ2n) is 9.19. The van der Waals surface area contributed by atoms with Crippen molar-refractivity contribution < 1.29 is 4.79 Å². The van der Waals surface area contributed by atoms with Crippen molar-refractivity contribution in [3.05, 3.63) is 40.5 Å². The number of carbonyl (C=O) groups excluding carboxylic acids is 1. The maximum atomic E-state index is 13.0. The first-order valence-electron chi connectivity index (χ1n) is 10.7. The topological polar surface area (TPSA) is 32.3 Å². The van der Waals surface area contributed by atoms with Crippen LogP contribution in [0.15, 0.2) is 18.2 Å². The molecule has 2 aliphatic heterocycles. The monoisotopic (exact) mass is 368 g/mol. The number of benzene rings is 1. The molecule has 0 fully saturated rings. The number of nitrogens with zero attached hydrogens (tertiary/aromatic N) is 1. The lowest BCUT2D eigenvalue weighted by Crippen LogP contribution is -2.44. The summed E-state index contributed by atoms with van der Waals surface area (Å²) < 4.78 is 0. The Labute approximate surface area is 165 Å². The molecule has 2 atom stereocenters. The van der Waals surface area contributed by atoms with E-state index in [0.717, 1.165) is 44.3 Å². The van der Waals surface area contributed by atoms with Crippen LogP contribution >= 0.6 is 0 Å². The van der Waals surface area contributed by atoms with Gasteiger partial charge in [0.2, 0.25) is 0 Å². The second kappa shape index (κ2) is 7.79. The molecule has 2 unspecified atom stereocenters. The largest absolute Gasteiger partial charge is 0.379 e. The van der Waals surface area contributed by atoms with Crippen LogP contribution in [-0.4, -0.2) is 23.3 Å². The van der Waals surface area contributed by atoms with Crippen LogP contribution in [0.4, 0.5) is 0 Å². The van der Waals surface area contributed by atoms with Crippen molar-refractivity contribution >= 4 is 11.5 Å². The average molecular weight is 369 g/mol. The molecule has 1 aromatic rings. The van der Waals surface area contributed by atoms with E-state index < -0.39 is 0 Å². The number of hydrogen-bond donors (Lipinski definition) is 1. The summed E-state index contributed by atoms with van der Waals surface area (Å²) in [5.41, 5.74) is 6.45. The third kappa shape index (κ3) is 4.13. The molecule has 0 saturated carbocycles. The van der Waals surface area contributed by atoms with E-state index in [0.29, 0.717) is 6.04 Å².